The van der Waals surface area contributed by atoms with Crippen molar-refractivity contribution in [1.29, 1.82) is 0 Å². The molecule has 0 bridgehead atoms. The van der Waals surface area contributed by atoms with Crippen LogP contribution in [0.3, 0.4) is 0 Å². The minimum absolute atomic E-state index is 0.240. The molecule has 2 heterocycles. The molecule has 0 aliphatic rings. The predicted octanol–water partition coefficient (Wildman–Crippen LogP) is 3.81. The highest BCUT2D eigenvalue weighted by Gasteiger charge is 2.11. The normalized spacial score (nSPS) is 10.3. The Labute approximate surface area is 133 Å². The van der Waals surface area contributed by atoms with Crippen LogP contribution in [-0.4, -0.2) is 10.9 Å². The zero-order valence-corrected chi connectivity index (χ0v) is 12.7. The average Bonchev–Trinajstić information content (AvgIpc) is 3.03. The van der Waals surface area contributed by atoms with Gasteiger partial charge in [0.2, 0.25) is 0 Å². The summed E-state index contributed by atoms with van der Waals surface area (Å²) in [7, 11) is 0. The third-order valence-electron chi connectivity index (χ3n) is 3.19. The molecule has 2 aromatic heterocycles. The Morgan fingerprint density at radius 3 is 2.78 bits per heavy atom. The number of nitrogens with zero attached hydrogens (tertiary/aromatic N) is 1. The Balaban J connectivity index is 1.60. The summed E-state index contributed by atoms with van der Waals surface area (Å²) in [6, 6.07) is 14.5. The van der Waals surface area contributed by atoms with Gasteiger partial charge in [0.1, 0.15) is 18.1 Å². The van der Waals surface area contributed by atoms with Crippen molar-refractivity contribution in [3.05, 3.63) is 78.0 Å². The van der Waals surface area contributed by atoms with Gasteiger partial charge >= 0.3 is 0 Å². The van der Waals surface area contributed by atoms with E-state index in [4.69, 9.17) is 9.15 Å². The molecule has 5 heteroatoms. The zero-order valence-electron chi connectivity index (χ0n) is 12.7. The lowest BCUT2D eigenvalue weighted by molar-refractivity contribution is 0.0992. The van der Waals surface area contributed by atoms with E-state index in [9.17, 15) is 4.79 Å². The van der Waals surface area contributed by atoms with Crippen molar-refractivity contribution in [1.82, 2.24) is 4.98 Å². The summed E-state index contributed by atoms with van der Waals surface area (Å²) in [6.45, 7) is 2.27. The molecule has 23 heavy (non-hydrogen) atoms. The highest BCUT2D eigenvalue weighted by molar-refractivity contribution is 6.02. The molecule has 116 valence electrons. The van der Waals surface area contributed by atoms with Gasteiger partial charge < -0.3 is 14.5 Å². The molecule has 0 radical (unpaired) electrons. The van der Waals surface area contributed by atoms with E-state index in [0.29, 0.717) is 11.4 Å². The van der Waals surface area contributed by atoms with Crippen LogP contribution in [0.4, 0.5) is 5.69 Å². The summed E-state index contributed by atoms with van der Waals surface area (Å²) < 4.78 is 11.2. The molecule has 3 rings (SSSR count). The monoisotopic (exact) mass is 308 g/mol. The highest BCUT2D eigenvalue weighted by atomic mass is 16.5. The summed E-state index contributed by atoms with van der Waals surface area (Å²) >= 11 is 0. The molecular formula is C18H16N2O3. The maximum absolute atomic E-state index is 12.1. The van der Waals surface area contributed by atoms with Crippen molar-refractivity contribution in [2.24, 2.45) is 0 Å². The molecule has 0 atom stereocenters. The molecular weight excluding hydrogens is 292 g/mol. The Bertz CT molecular complexity index is 797. The van der Waals surface area contributed by atoms with E-state index < -0.39 is 0 Å². The minimum Gasteiger partial charge on any atom is -0.486 e. The third-order valence-corrected chi connectivity index (χ3v) is 3.19. The number of benzene rings is 1. The fourth-order valence-electron chi connectivity index (χ4n) is 2.07. The first-order valence-electron chi connectivity index (χ1n) is 7.20. The number of furan rings is 1. The summed E-state index contributed by atoms with van der Waals surface area (Å²) in [6.07, 6.45) is 3.22. The lowest BCUT2D eigenvalue weighted by Crippen LogP contribution is -2.10. The number of rotatable bonds is 5. The van der Waals surface area contributed by atoms with Crippen LogP contribution in [0, 0.1) is 6.92 Å². The van der Waals surface area contributed by atoms with Gasteiger partial charge in [-0.15, -0.1) is 0 Å². The molecule has 0 saturated heterocycles. The zero-order chi connectivity index (χ0) is 16.1. The Hall–Kier alpha value is -3.08. The predicted molar refractivity (Wildman–Crippen MR) is 86.4 cm³/mol. The first kappa shape index (κ1) is 14.8. The molecule has 0 spiro atoms. The fourth-order valence-corrected chi connectivity index (χ4v) is 2.07. The van der Waals surface area contributed by atoms with Crippen molar-refractivity contribution in [2.75, 3.05) is 5.32 Å². The van der Waals surface area contributed by atoms with Gasteiger partial charge in [0, 0.05) is 18.1 Å². The number of aryl methyl sites for hydroxylation is 1. The van der Waals surface area contributed by atoms with Gasteiger partial charge in [-0.3, -0.25) is 9.78 Å². The molecule has 1 amide bonds. The summed E-state index contributed by atoms with van der Waals surface area (Å²) in [4.78, 5) is 16.0. The Morgan fingerprint density at radius 1 is 1.17 bits per heavy atom. The number of amides is 1. The summed E-state index contributed by atoms with van der Waals surface area (Å²) in [5, 5.41) is 2.74. The van der Waals surface area contributed by atoms with E-state index in [1.807, 2.05) is 31.2 Å². The number of carbonyl (C=O) groups excluding carboxylic acids is 1. The van der Waals surface area contributed by atoms with E-state index in [0.717, 1.165) is 11.3 Å². The second-order valence-corrected chi connectivity index (χ2v) is 5.06. The van der Waals surface area contributed by atoms with Crippen LogP contribution in [-0.2, 0) is 6.61 Å². The first-order valence-corrected chi connectivity index (χ1v) is 7.20. The van der Waals surface area contributed by atoms with Gasteiger partial charge in [0.15, 0.2) is 5.76 Å². The van der Waals surface area contributed by atoms with Crippen LogP contribution < -0.4 is 10.1 Å². The second kappa shape index (κ2) is 6.79. The molecule has 5 nitrogen and oxygen atoms in total. The topological polar surface area (TPSA) is 64.4 Å². The van der Waals surface area contributed by atoms with Gasteiger partial charge in [-0.1, -0.05) is 12.1 Å². The fraction of sp³-hybridized carbons (Fsp3) is 0.111. The van der Waals surface area contributed by atoms with Gasteiger partial charge in [-0.25, -0.2) is 0 Å². The van der Waals surface area contributed by atoms with Crippen LogP contribution in [0.25, 0.3) is 0 Å². The number of ether oxygens (including phenoxy) is 1. The lowest BCUT2D eigenvalue weighted by Gasteiger charge is -2.05. The smallest absolute Gasteiger partial charge is 0.291 e. The largest absolute Gasteiger partial charge is 0.486 e. The molecule has 0 aliphatic heterocycles. The van der Waals surface area contributed by atoms with E-state index in [-0.39, 0.29) is 18.3 Å². The van der Waals surface area contributed by atoms with Crippen molar-refractivity contribution >= 4 is 11.6 Å². The van der Waals surface area contributed by atoms with Gasteiger partial charge in [-0.2, -0.15) is 0 Å². The van der Waals surface area contributed by atoms with Gasteiger partial charge in [0.25, 0.3) is 5.91 Å². The maximum atomic E-state index is 12.1. The van der Waals surface area contributed by atoms with Crippen LogP contribution >= 0.6 is 0 Å². The number of hydrogen-bond donors (Lipinski definition) is 1. The lowest BCUT2D eigenvalue weighted by atomic mass is 10.2. The molecule has 0 saturated carbocycles. The second-order valence-electron chi connectivity index (χ2n) is 5.06. The van der Waals surface area contributed by atoms with Gasteiger partial charge in [-0.05, 0) is 48.9 Å². The van der Waals surface area contributed by atoms with E-state index in [2.05, 4.69) is 10.3 Å². The van der Waals surface area contributed by atoms with Crippen molar-refractivity contribution in [3.63, 3.8) is 0 Å². The van der Waals surface area contributed by atoms with Gasteiger partial charge in [0.05, 0.1) is 0 Å². The molecule has 1 aromatic carbocycles. The Morgan fingerprint density at radius 2 is 2.00 bits per heavy atom. The SMILES string of the molecule is Cc1cccc(OCc2ccc(C(=O)Nc3ccncc3)o2)c1. The molecule has 1 N–H and O–H groups in total. The number of nitrogens with one attached hydrogen (secondary N) is 1. The molecule has 0 unspecified atom stereocenters. The maximum Gasteiger partial charge on any atom is 0.291 e. The number of hydrogen-bond acceptors (Lipinski definition) is 4. The molecule has 3 aromatic rings. The standard InChI is InChI=1S/C18H16N2O3/c1-13-3-2-4-15(11-13)22-12-16-5-6-17(23-16)18(21)20-14-7-9-19-10-8-14/h2-11H,12H2,1H3,(H,19,20,21). The number of carbonyl (C=O) groups is 1. The highest BCUT2D eigenvalue weighted by Crippen LogP contribution is 2.16. The van der Waals surface area contributed by atoms with E-state index in [1.54, 1.807) is 36.7 Å². The Kier molecular flexibility index (Phi) is 4.38. The van der Waals surface area contributed by atoms with Crippen LogP contribution in [0.1, 0.15) is 21.9 Å². The third kappa shape index (κ3) is 3.97. The van der Waals surface area contributed by atoms with Crippen LogP contribution in [0.15, 0.2) is 65.3 Å². The van der Waals surface area contributed by atoms with Crippen molar-refractivity contribution in [3.8, 4) is 5.75 Å². The minimum atomic E-state index is -0.307. The number of aromatic nitrogens is 1. The molecule has 0 fully saturated rings. The van der Waals surface area contributed by atoms with Crippen molar-refractivity contribution in [2.45, 2.75) is 13.5 Å². The van der Waals surface area contributed by atoms with Crippen LogP contribution in [0.2, 0.25) is 0 Å². The van der Waals surface area contributed by atoms with Crippen LogP contribution in [0.5, 0.6) is 5.75 Å². The number of pyridine rings is 1. The summed E-state index contributed by atoms with van der Waals surface area (Å²) in [5.74, 6) is 1.29. The molecule has 0 aliphatic carbocycles. The average molecular weight is 308 g/mol. The first-order chi connectivity index (χ1) is 11.2. The quantitative estimate of drug-likeness (QED) is 0.778. The number of anilines is 1. The van der Waals surface area contributed by atoms with E-state index >= 15 is 0 Å². The van der Waals surface area contributed by atoms with Crippen molar-refractivity contribution < 1.29 is 13.9 Å². The van der Waals surface area contributed by atoms with E-state index in [1.165, 1.54) is 0 Å². The summed E-state index contributed by atoms with van der Waals surface area (Å²) in [5.41, 5.74) is 1.79.